The standard InChI is InChI=1S/C34H44N2O2/c1-3-5-7-9-13-25-17-19-31-29(23-25)30-24-26(14-10-8-6-4-2)18-20-32(30)35(31)21-22-36-33(37)27-15-11-12-16-28(27)34(36)38/h11-12,15-20,23-24,33-34,37-38H,3-10,13-14,21-22H2,1-2H3. The number of aliphatic hydroxyl groups excluding tert-OH is 2. The second-order valence-corrected chi connectivity index (χ2v) is 11.1. The molecule has 3 aromatic carbocycles. The summed E-state index contributed by atoms with van der Waals surface area (Å²) in [6, 6.07) is 21.7. The zero-order valence-corrected chi connectivity index (χ0v) is 23.2. The number of aliphatic hydroxyl groups is 2. The Morgan fingerprint density at radius 3 is 1.58 bits per heavy atom. The molecule has 1 aliphatic rings. The molecule has 202 valence electrons. The van der Waals surface area contributed by atoms with Crippen molar-refractivity contribution in [2.45, 2.75) is 97.1 Å². The number of nitrogens with zero attached hydrogens (tertiary/aromatic N) is 2. The molecule has 0 spiro atoms. The number of fused-ring (bicyclic) bond motifs is 4. The first-order chi connectivity index (χ1) is 18.6. The minimum Gasteiger partial charge on any atom is -0.374 e. The van der Waals surface area contributed by atoms with E-state index in [9.17, 15) is 10.2 Å². The summed E-state index contributed by atoms with van der Waals surface area (Å²) in [5.74, 6) is 0. The molecular weight excluding hydrogens is 468 g/mol. The molecular formula is C34H44N2O2. The van der Waals surface area contributed by atoms with Crippen LogP contribution in [0.4, 0.5) is 0 Å². The van der Waals surface area contributed by atoms with Crippen LogP contribution in [0.15, 0.2) is 60.7 Å². The van der Waals surface area contributed by atoms with Crippen LogP contribution in [0.3, 0.4) is 0 Å². The molecule has 2 N–H and O–H groups in total. The topological polar surface area (TPSA) is 48.6 Å². The third-order valence-corrected chi connectivity index (χ3v) is 8.39. The van der Waals surface area contributed by atoms with E-state index in [0.717, 1.165) is 24.0 Å². The first-order valence-electron chi connectivity index (χ1n) is 14.9. The third-order valence-electron chi connectivity index (χ3n) is 8.39. The molecule has 2 atom stereocenters. The van der Waals surface area contributed by atoms with E-state index in [-0.39, 0.29) is 0 Å². The van der Waals surface area contributed by atoms with Gasteiger partial charge in [0.05, 0.1) is 0 Å². The summed E-state index contributed by atoms with van der Waals surface area (Å²) in [7, 11) is 0. The van der Waals surface area contributed by atoms with Crippen LogP contribution in [-0.2, 0) is 19.4 Å². The highest BCUT2D eigenvalue weighted by molar-refractivity contribution is 6.08. The van der Waals surface area contributed by atoms with Gasteiger partial charge in [-0.25, -0.2) is 4.90 Å². The number of rotatable bonds is 13. The molecule has 4 heteroatoms. The smallest absolute Gasteiger partial charge is 0.136 e. The molecule has 0 saturated carbocycles. The van der Waals surface area contributed by atoms with E-state index in [1.54, 1.807) is 4.90 Å². The van der Waals surface area contributed by atoms with Crippen molar-refractivity contribution in [3.8, 4) is 0 Å². The van der Waals surface area contributed by atoms with Crippen LogP contribution in [-0.4, -0.2) is 26.2 Å². The Morgan fingerprint density at radius 2 is 1.11 bits per heavy atom. The second-order valence-electron chi connectivity index (χ2n) is 11.1. The van der Waals surface area contributed by atoms with E-state index in [1.807, 2.05) is 24.3 Å². The summed E-state index contributed by atoms with van der Waals surface area (Å²) >= 11 is 0. The molecule has 2 unspecified atom stereocenters. The van der Waals surface area contributed by atoms with Gasteiger partial charge in [0.25, 0.3) is 0 Å². The Labute approximate surface area is 227 Å². The fraction of sp³-hybridized carbons (Fsp3) is 0.471. The molecule has 1 aromatic heterocycles. The first-order valence-corrected chi connectivity index (χ1v) is 14.9. The zero-order chi connectivity index (χ0) is 26.5. The van der Waals surface area contributed by atoms with Crippen LogP contribution in [0, 0.1) is 0 Å². The molecule has 5 rings (SSSR count). The molecule has 0 amide bonds. The Hall–Kier alpha value is -2.66. The molecule has 4 nitrogen and oxygen atoms in total. The molecule has 0 radical (unpaired) electrons. The lowest BCUT2D eigenvalue weighted by atomic mass is 10.0. The van der Waals surface area contributed by atoms with Gasteiger partial charge in [-0.15, -0.1) is 0 Å². The van der Waals surface area contributed by atoms with Crippen molar-refractivity contribution in [1.82, 2.24) is 9.47 Å². The largest absolute Gasteiger partial charge is 0.374 e. The third kappa shape index (κ3) is 5.54. The summed E-state index contributed by atoms with van der Waals surface area (Å²) in [5, 5.41) is 24.5. The number of hydrogen-bond acceptors (Lipinski definition) is 3. The number of benzene rings is 3. The summed E-state index contributed by atoms with van der Waals surface area (Å²) in [4.78, 5) is 1.80. The van der Waals surface area contributed by atoms with Crippen molar-refractivity contribution in [1.29, 1.82) is 0 Å². The van der Waals surface area contributed by atoms with Crippen LogP contribution in [0.5, 0.6) is 0 Å². The van der Waals surface area contributed by atoms with Gasteiger partial charge in [0.1, 0.15) is 12.5 Å². The normalized spacial score (nSPS) is 17.6. The molecule has 0 aliphatic carbocycles. The molecule has 0 saturated heterocycles. The molecule has 2 heterocycles. The Balaban J connectivity index is 1.44. The minimum absolute atomic E-state index is 0.563. The van der Waals surface area contributed by atoms with Crippen molar-refractivity contribution in [2.24, 2.45) is 0 Å². The van der Waals surface area contributed by atoms with Crippen LogP contribution < -0.4 is 0 Å². The highest BCUT2D eigenvalue weighted by atomic mass is 16.3. The van der Waals surface area contributed by atoms with Crippen LogP contribution >= 0.6 is 0 Å². The quantitative estimate of drug-likeness (QED) is 0.178. The molecule has 0 bridgehead atoms. The maximum atomic E-state index is 10.9. The predicted octanol–water partition coefficient (Wildman–Crippen LogP) is 8.04. The van der Waals surface area contributed by atoms with Gasteiger partial charge >= 0.3 is 0 Å². The summed E-state index contributed by atoms with van der Waals surface area (Å²) in [5.41, 5.74) is 6.93. The number of hydrogen-bond donors (Lipinski definition) is 2. The first kappa shape index (κ1) is 26.9. The van der Waals surface area contributed by atoms with Crippen molar-refractivity contribution in [2.75, 3.05) is 6.54 Å². The zero-order valence-electron chi connectivity index (χ0n) is 23.2. The van der Waals surface area contributed by atoms with Gasteiger partial charge in [0.15, 0.2) is 0 Å². The fourth-order valence-corrected chi connectivity index (χ4v) is 6.19. The van der Waals surface area contributed by atoms with Gasteiger partial charge in [-0.05, 0) is 61.1 Å². The van der Waals surface area contributed by atoms with Crippen molar-refractivity contribution >= 4 is 21.8 Å². The Bertz CT molecular complexity index is 1260. The number of aromatic nitrogens is 1. The highest BCUT2D eigenvalue weighted by Gasteiger charge is 2.35. The van der Waals surface area contributed by atoms with Gasteiger partial charge in [-0.3, -0.25) is 0 Å². The number of unbranched alkanes of at least 4 members (excludes halogenated alkanes) is 6. The van der Waals surface area contributed by atoms with Crippen molar-refractivity contribution < 1.29 is 10.2 Å². The molecule has 0 fully saturated rings. The van der Waals surface area contributed by atoms with E-state index in [4.69, 9.17) is 0 Å². The summed E-state index contributed by atoms with van der Waals surface area (Å²) < 4.78 is 2.38. The van der Waals surface area contributed by atoms with E-state index in [2.05, 4.69) is 54.8 Å². The van der Waals surface area contributed by atoms with Gasteiger partial charge in [-0.2, -0.15) is 0 Å². The SMILES string of the molecule is CCCCCCc1ccc2c(c1)c1cc(CCCCCC)ccc1n2CCN1C(O)c2ccccc2C1O. The lowest BCUT2D eigenvalue weighted by molar-refractivity contribution is -0.0853. The fourth-order valence-electron chi connectivity index (χ4n) is 6.19. The van der Waals surface area contributed by atoms with Crippen LogP contribution in [0.2, 0.25) is 0 Å². The maximum Gasteiger partial charge on any atom is 0.136 e. The van der Waals surface area contributed by atoms with E-state index in [0.29, 0.717) is 13.1 Å². The van der Waals surface area contributed by atoms with Gasteiger partial charge in [0.2, 0.25) is 0 Å². The van der Waals surface area contributed by atoms with Crippen molar-refractivity contribution in [3.63, 3.8) is 0 Å². The Morgan fingerprint density at radius 1 is 0.605 bits per heavy atom. The molecule has 4 aromatic rings. The van der Waals surface area contributed by atoms with E-state index < -0.39 is 12.5 Å². The van der Waals surface area contributed by atoms with E-state index in [1.165, 1.54) is 84.3 Å². The molecule has 1 aliphatic heterocycles. The average molecular weight is 513 g/mol. The van der Waals surface area contributed by atoms with Gasteiger partial charge in [-0.1, -0.05) is 88.8 Å². The monoisotopic (exact) mass is 512 g/mol. The van der Waals surface area contributed by atoms with E-state index >= 15 is 0 Å². The highest BCUT2D eigenvalue weighted by Crippen LogP contribution is 2.39. The summed E-state index contributed by atoms with van der Waals surface area (Å²) in [6.07, 6.45) is 10.9. The average Bonchev–Trinajstić information content (AvgIpc) is 3.38. The van der Waals surface area contributed by atoms with Gasteiger partial charge in [0, 0.05) is 46.0 Å². The van der Waals surface area contributed by atoms with Gasteiger partial charge < -0.3 is 14.8 Å². The predicted molar refractivity (Wildman–Crippen MR) is 158 cm³/mol. The van der Waals surface area contributed by atoms with Crippen molar-refractivity contribution in [3.05, 3.63) is 82.9 Å². The maximum absolute atomic E-state index is 10.9. The van der Waals surface area contributed by atoms with Crippen LogP contribution in [0.1, 0.15) is 99.9 Å². The Kier molecular flexibility index (Phi) is 8.83. The van der Waals surface area contributed by atoms with Crippen LogP contribution in [0.25, 0.3) is 21.8 Å². The molecule has 38 heavy (non-hydrogen) atoms. The minimum atomic E-state index is -0.779. The summed E-state index contributed by atoms with van der Waals surface area (Å²) in [6.45, 7) is 5.79. The second kappa shape index (κ2) is 12.5. The number of aryl methyl sites for hydroxylation is 2. The lowest BCUT2D eigenvalue weighted by Crippen LogP contribution is -2.29. The lowest BCUT2D eigenvalue weighted by Gasteiger charge is -2.24.